The number of carbonyl (C=O) groups excluding carboxylic acids is 1. The van der Waals surface area contributed by atoms with E-state index in [1.54, 1.807) is 20.8 Å². The van der Waals surface area contributed by atoms with E-state index in [4.69, 9.17) is 20.5 Å². The molecule has 0 heterocycles. The third-order valence-corrected chi connectivity index (χ3v) is 1.19. The highest BCUT2D eigenvalue weighted by Gasteiger charge is 2.22. The number of allylic oxidation sites excluding steroid dienone is 1. The van der Waals surface area contributed by atoms with Gasteiger partial charge in [0.15, 0.2) is 11.1 Å². The van der Waals surface area contributed by atoms with Crippen LogP contribution in [0.3, 0.4) is 0 Å². The molecule has 0 bridgehead atoms. The van der Waals surface area contributed by atoms with Gasteiger partial charge in [-0.25, -0.2) is 4.79 Å². The average molecular weight is 203 g/mol. The summed E-state index contributed by atoms with van der Waals surface area (Å²) in [5.41, 5.74) is -1.86. The number of nitriles is 3. The summed E-state index contributed by atoms with van der Waals surface area (Å²) >= 11 is 0. The van der Waals surface area contributed by atoms with Crippen molar-refractivity contribution < 1.29 is 9.53 Å². The van der Waals surface area contributed by atoms with Gasteiger partial charge in [0.05, 0.1) is 0 Å². The van der Waals surface area contributed by atoms with Crippen LogP contribution < -0.4 is 0 Å². The van der Waals surface area contributed by atoms with Gasteiger partial charge in [-0.2, -0.15) is 15.8 Å². The van der Waals surface area contributed by atoms with Crippen LogP contribution in [0.2, 0.25) is 0 Å². The van der Waals surface area contributed by atoms with Crippen LogP contribution in [0.1, 0.15) is 20.8 Å². The molecule has 0 aliphatic carbocycles. The summed E-state index contributed by atoms with van der Waals surface area (Å²) in [5.74, 6) is -0.955. The number of hydrogen-bond donors (Lipinski definition) is 0. The van der Waals surface area contributed by atoms with E-state index in [0.717, 1.165) is 0 Å². The fraction of sp³-hybridized carbons (Fsp3) is 0.400. The third-order valence-electron chi connectivity index (χ3n) is 1.19. The Morgan fingerprint density at radius 2 is 1.53 bits per heavy atom. The van der Waals surface area contributed by atoms with Crippen molar-refractivity contribution in [2.24, 2.45) is 0 Å². The Balaban J connectivity index is 5.17. The maximum absolute atomic E-state index is 11.3. The molecule has 0 aromatic rings. The molecule has 5 heteroatoms. The van der Waals surface area contributed by atoms with Crippen LogP contribution >= 0.6 is 0 Å². The lowest BCUT2D eigenvalue weighted by Crippen LogP contribution is -2.25. The Morgan fingerprint density at radius 3 is 1.80 bits per heavy atom. The second-order valence-electron chi connectivity index (χ2n) is 3.59. The van der Waals surface area contributed by atoms with E-state index in [9.17, 15) is 4.79 Å². The first-order valence-electron chi connectivity index (χ1n) is 4.03. The summed E-state index contributed by atoms with van der Waals surface area (Å²) in [7, 11) is 0. The normalized spacial score (nSPS) is 9.07. The van der Waals surface area contributed by atoms with Crippen molar-refractivity contribution in [3.63, 3.8) is 0 Å². The highest BCUT2D eigenvalue weighted by Crippen LogP contribution is 2.12. The van der Waals surface area contributed by atoms with Gasteiger partial charge < -0.3 is 4.74 Å². The Kier molecular flexibility index (Phi) is 4.05. The molecule has 0 fully saturated rings. The molecule has 0 rings (SSSR count). The molecule has 0 unspecified atom stereocenters. The third kappa shape index (κ3) is 3.93. The van der Waals surface area contributed by atoms with Gasteiger partial charge in [-0.3, -0.25) is 0 Å². The van der Waals surface area contributed by atoms with Gasteiger partial charge in [0.2, 0.25) is 0 Å². The standard InChI is InChI=1S/C10H9N3O2/c1-10(2,3)15-9(14)8(6-13)7(4-11)5-12/h1-3H3. The van der Waals surface area contributed by atoms with Crippen LogP contribution in [0.4, 0.5) is 0 Å². The van der Waals surface area contributed by atoms with Crippen molar-refractivity contribution >= 4 is 5.97 Å². The van der Waals surface area contributed by atoms with Crippen molar-refractivity contribution in [1.29, 1.82) is 15.8 Å². The zero-order valence-corrected chi connectivity index (χ0v) is 8.66. The quantitative estimate of drug-likeness (QED) is 0.362. The lowest BCUT2D eigenvalue weighted by molar-refractivity contribution is -0.149. The first-order chi connectivity index (χ1) is 6.85. The number of carbonyl (C=O) groups is 1. The van der Waals surface area contributed by atoms with Crippen LogP contribution in [-0.4, -0.2) is 11.6 Å². The van der Waals surface area contributed by atoms with Crippen LogP contribution in [-0.2, 0) is 9.53 Å². The van der Waals surface area contributed by atoms with Crippen molar-refractivity contribution in [3.05, 3.63) is 11.1 Å². The Hall–Kier alpha value is -2.32. The second kappa shape index (κ2) is 4.79. The van der Waals surface area contributed by atoms with E-state index in [1.807, 2.05) is 0 Å². The van der Waals surface area contributed by atoms with Gasteiger partial charge in [-0.05, 0) is 20.8 Å². The molecular formula is C10H9N3O2. The summed E-state index contributed by atoms with van der Waals surface area (Å²) in [5, 5.41) is 25.6. The monoisotopic (exact) mass is 203 g/mol. The highest BCUT2D eigenvalue weighted by atomic mass is 16.6. The van der Waals surface area contributed by atoms with Crippen molar-refractivity contribution in [1.82, 2.24) is 0 Å². The molecule has 0 amide bonds. The highest BCUT2D eigenvalue weighted by molar-refractivity contribution is 5.95. The SMILES string of the molecule is CC(C)(C)OC(=O)C(C#N)=C(C#N)C#N. The maximum Gasteiger partial charge on any atom is 0.351 e. The molecule has 5 nitrogen and oxygen atoms in total. The summed E-state index contributed by atoms with van der Waals surface area (Å²) < 4.78 is 4.85. The molecule has 76 valence electrons. The molecule has 0 radical (unpaired) electrons. The van der Waals surface area contributed by atoms with Crippen LogP contribution in [0, 0.1) is 34.0 Å². The lowest BCUT2D eigenvalue weighted by atomic mass is 10.1. The minimum atomic E-state index is -0.955. The number of esters is 1. The predicted molar refractivity (Wildman–Crippen MR) is 49.7 cm³/mol. The predicted octanol–water partition coefficient (Wildman–Crippen LogP) is 1.20. The van der Waals surface area contributed by atoms with Crippen LogP contribution in [0.25, 0.3) is 0 Å². The minimum absolute atomic E-state index is 0.535. The summed E-state index contributed by atoms with van der Waals surface area (Å²) in [6, 6.07) is 4.42. The topological polar surface area (TPSA) is 97.7 Å². The van der Waals surface area contributed by atoms with E-state index in [-0.39, 0.29) is 0 Å². The van der Waals surface area contributed by atoms with E-state index in [1.165, 1.54) is 18.2 Å². The van der Waals surface area contributed by atoms with Gasteiger partial charge in [-0.15, -0.1) is 0 Å². The summed E-state index contributed by atoms with van der Waals surface area (Å²) in [6.45, 7) is 4.87. The number of rotatable bonds is 1. The van der Waals surface area contributed by atoms with Crippen molar-refractivity contribution in [2.75, 3.05) is 0 Å². The van der Waals surface area contributed by atoms with Gasteiger partial charge in [0.1, 0.15) is 23.8 Å². The van der Waals surface area contributed by atoms with Crippen molar-refractivity contribution in [2.45, 2.75) is 26.4 Å². The molecule has 0 aliphatic rings. The van der Waals surface area contributed by atoms with Gasteiger partial charge >= 0.3 is 5.97 Å². The molecule has 15 heavy (non-hydrogen) atoms. The molecular weight excluding hydrogens is 194 g/mol. The van der Waals surface area contributed by atoms with E-state index in [2.05, 4.69) is 0 Å². The number of ether oxygens (including phenoxy) is 1. The molecule has 0 N–H and O–H groups in total. The largest absolute Gasteiger partial charge is 0.456 e. The van der Waals surface area contributed by atoms with Crippen LogP contribution in [0.15, 0.2) is 11.1 Å². The Labute approximate surface area is 87.8 Å². The Bertz CT molecular complexity index is 406. The minimum Gasteiger partial charge on any atom is -0.456 e. The van der Waals surface area contributed by atoms with E-state index in [0.29, 0.717) is 0 Å². The van der Waals surface area contributed by atoms with Crippen molar-refractivity contribution in [3.8, 4) is 18.2 Å². The fourth-order valence-corrected chi connectivity index (χ4v) is 0.670. The maximum atomic E-state index is 11.3. The van der Waals surface area contributed by atoms with Gasteiger partial charge in [0, 0.05) is 0 Å². The molecule has 0 atom stereocenters. The fourth-order valence-electron chi connectivity index (χ4n) is 0.670. The summed E-state index contributed by atoms with van der Waals surface area (Å²) in [6.07, 6.45) is 0. The van der Waals surface area contributed by atoms with Gasteiger partial charge in [0.25, 0.3) is 0 Å². The molecule has 0 aromatic carbocycles. The zero-order chi connectivity index (χ0) is 12.1. The van der Waals surface area contributed by atoms with Crippen LogP contribution in [0.5, 0.6) is 0 Å². The average Bonchev–Trinajstić information content (AvgIpc) is 2.10. The smallest absolute Gasteiger partial charge is 0.351 e. The van der Waals surface area contributed by atoms with Gasteiger partial charge in [-0.1, -0.05) is 0 Å². The molecule has 0 saturated carbocycles. The first kappa shape index (κ1) is 12.7. The van der Waals surface area contributed by atoms with E-state index < -0.39 is 22.7 Å². The summed E-state index contributed by atoms with van der Waals surface area (Å²) in [4.78, 5) is 11.3. The zero-order valence-electron chi connectivity index (χ0n) is 8.66. The number of nitrogens with zero attached hydrogens (tertiary/aromatic N) is 3. The second-order valence-corrected chi connectivity index (χ2v) is 3.59. The Morgan fingerprint density at radius 1 is 1.07 bits per heavy atom. The molecule has 0 aromatic heterocycles. The molecule has 0 aliphatic heterocycles. The molecule has 0 spiro atoms. The lowest BCUT2D eigenvalue weighted by Gasteiger charge is -2.18. The molecule has 0 saturated heterocycles. The number of hydrogen-bond acceptors (Lipinski definition) is 5. The first-order valence-corrected chi connectivity index (χ1v) is 4.03. The van der Waals surface area contributed by atoms with E-state index >= 15 is 0 Å².